The number of rotatable bonds is 2. The van der Waals surface area contributed by atoms with Gasteiger partial charge in [-0.25, -0.2) is 4.57 Å². The zero-order valence-corrected chi connectivity index (χ0v) is 11.9. The zero-order valence-electron chi connectivity index (χ0n) is 9.35. The topological polar surface area (TPSA) is 218 Å². The summed E-state index contributed by atoms with van der Waals surface area (Å²) in [5.41, 5.74) is 0. The molecule has 1 aromatic carbocycles. The monoisotopic (exact) mass is 450 g/mol. The Hall–Kier alpha value is 3.11. The standard InChI is InChI=1S/C6H6O6S2.4Na.H3O4P.H2O.4H/c7-13(8,9)5-2-1-3-6(4-5)14(10,11)12;;;;;1-5(2,3)4;;;;;/h1-4H,(H,7,8,9)(H,10,11,12);;;;;(H3,1,2,3,4);1H2;;;;. The van der Waals surface area contributed by atoms with E-state index in [4.69, 9.17) is 28.4 Å². The summed E-state index contributed by atoms with van der Waals surface area (Å²) in [6, 6.07) is 3.75. The quantitative estimate of drug-likeness (QED) is 0.166. The van der Waals surface area contributed by atoms with E-state index in [9.17, 15) is 16.8 Å². The molecule has 1 rings (SSSR count). The minimum atomic E-state index is -4.64. The van der Waals surface area contributed by atoms with E-state index in [1.807, 2.05) is 0 Å². The van der Waals surface area contributed by atoms with Crippen LogP contribution in [0.4, 0.5) is 0 Å². The van der Waals surface area contributed by atoms with Gasteiger partial charge in [0.1, 0.15) is 0 Å². The molecular weight excluding hydrogens is 435 g/mol. The third kappa shape index (κ3) is 23.1. The Bertz CT molecular complexity index is 645. The first-order valence-electron chi connectivity index (χ1n) is 4.04. The van der Waals surface area contributed by atoms with Crippen LogP contribution in [0.5, 0.6) is 0 Å². The summed E-state index contributed by atoms with van der Waals surface area (Å²) in [6.07, 6.45) is 0. The van der Waals surface area contributed by atoms with Crippen LogP contribution in [0.25, 0.3) is 0 Å². The Balaban J connectivity index is -0.0000000725. The van der Waals surface area contributed by atoms with E-state index < -0.39 is 37.8 Å². The van der Waals surface area contributed by atoms with Crippen molar-refractivity contribution in [3.8, 4) is 0 Å². The van der Waals surface area contributed by atoms with Crippen LogP contribution in [0.1, 0.15) is 0 Å². The van der Waals surface area contributed by atoms with Crippen LogP contribution in [0, 0.1) is 0 Å². The fraction of sp³-hybridized carbons (Fsp3) is 0. The summed E-state index contributed by atoms with van der Waals surface area (Å²) in [4.78, 5) is 20.4. The van der Waals surface area contributed by atoms with Crippen molar-refractivity contribution in [1.82, 2.24) is 0 Å². The van der Waals surface area contributed by atoms with Crippen LogP contribution in [0.2, 0.25) is 0 Å². The maximum atomic E-state index is 10.6. The molecule has 18 heteroatoms. The molecule has 0 aliphatic carbocycles. The second-order valence-corrected chi connectivity index (χ2v) is 6.81. The molecule has 126 valence electrons. The van der Waals surface area contributed by atoms with Gasteiger partial charge in [0.15, 0.2) is 0 Å². The second-order valence-electron chi connectivity index (χ2n) is 2.94. The van der Waals surface area contributed by atoms with E-state index in [-0.39, 0.29) is 124 Å². The minimum absolute atomic E-state index is 0. The fourth-order valence-electron chi connectivity index (χ4n) is 0.795. The van der Waals surface area contributed by atoms with E-state index in [2.05, 4.69) is 0 Å². The summed E-state index contributed by atoms with van der Waals surface area (Å²) >= 11 is 0. The zero-order chi connectivity index (χ0) is 15.5. The Morgan fingerprint density at radius 1 is 0.750 bits per heavy atom. The molecule has 0 atom stereocenters. The van der Waals surface area contributed by atoms with Gasteiger partial charge in [-0.2, -0.15) is 16.8 Å². The average molecular weight is 450 g/mol. The van der Waals surface area contributed by atoms with Gasteiger partial charge in [-0.05, 0) is 18.2 Å². The molecule has 0 saturated heterocycles. The third-order valence-electron chi connectivity index (χ3n) is 1.40. The first kappa shape index (κ1) is 41.5. The van der Waals surface area contributed by atoms with Crippen molar-refractivity contribution >= 4 is 146 Å². The molecule has 0 aliphatic rings. The molecule has 0 bridgehead atoms. The van der Waals surface area contributed by atoms with E-state index in [1.54, 1.807) is 0 Å². The SMILES string of the molecule is O.O=P(O)(O)O.O=S(=O)(O)c1cccc(S(=O)(=O)O)c1.[NaH].[NaH].[NaH].[NaH]. The predicted molar refractivity (Wildman–Crippen MR) is 92.5 cm³/mol. The Morgan fingerprint density at radius 3 is 1.12 bits per heavy atom. The molecule has 7 N–H and O–H groups in total. The normalized spacial score (nSPS) is 9.88. The van der Waals surface area contributed by atoms with Crippen molar-refractivity contribution in [3.63, 3.8) is 0 Å². The summed E-state index contributed by atoms with van der Waals surface area (Å²) in [7, 11) is -13.6. The molecule has 0 amide bonds. The molecule has 0 heterocycles. The molecule has 24 heavy (non-hydrogen) atoms. The van der Waals surface area contributed by atoms with Crippen LogP contribution < -0.4 is 0 Å². The van der Waals surface area contributed by atoms with Gasteiger partial charge in [-0.15, -0.1) is 0 Å². The van der Waals surface area contributed by atoms with Crippen molar-refractivity contribution in [3.05, 3.63) is 24.3 Å². The number of benzene rings is 1. The molecule has 0 aliphatic heterocycles. The van der Waals surface area contributed by atoms with Crippen LogP contribution in [-0.4, -0.2) is 164 Å². The summed E-state index contributed by atoms with van der Waals surface area (Å²) in [6.45, 7) is 0. The second kappa shape index (κ2) is 17.0. The summed E-state index contributed by atoms with van der Waals surface area (Å²) in [5, 5.41) is 0. The summed E-state index contributed by atoms with van der Waals surface area (Å²) in [5.74, 6) is 0. The van der Waals surface area contributed by atoms with Gasteiger partial charge in [0, 0.05) is 0 Å². The molecule has 1 aromatic rings. The van der Waals surface area contributed by atoms with Crippen molar-refractivity contribution < 1.29 is 50.7 Å². The van der Waals surface area contributed by atoms with Crippen molar-refractivity contribution in [2.24, 2.45) is 0 Å². The number of hydrogen-bond donors (Lipinski definition) is 5. The Morgan fingerprint density at radius 2 is 0.958 bits per heavy atom. The van der Waals surface area contributed by atoms with Gasteiger partial charge < -0.3 is 20.2 Å². The molecule has 0 aromatic heterocycles. The van der Waals surface area contributed by atoms with Gasteiger partial charge >= 0.3 is 126 Å². The van der Waals surface area contributed by atoms with Crippen molar-refractivity contribution in [2.75, 3.05) is 0 Å². The van der Waals surface area contributed by atoms with Gasteiger partial charge in [0.2, 0.25) is 0 Å². The molecule has 11 nitrogen and oxygen atoms in total. The van der Waals surface area contributed by atoms with Crippen LogP contribution in [0.15, 0.2) is 34.1 Å². The van der Waals surface area contributed by atoms with Crippen molar-refractivity contribution in [1.29, 1.82) is 0 Å². The maximum absolute atomic E-state index is 10.6. The molecular formula is C6H15Na4O11PS2. The van der Waals surface area contributed by atoms with Gasteiger partial charge in [0.25, 0.3) is 20.2 Å². The van der Waals surface area contributed by atoms with E-state index in [1.165, 1.54) is 0 Å². The molecule has 0 radical (unpaired) electrons. The predicted octanol–water partition coefficient (Wildman–Crippen LogP) is -4.17. The number of hydrogen-bond acceptors (Lipinski definition) is 5. The van der Waals surface area contributed by atoms with Crippen LogP contribution in [0.3, 0.4) is 0 Å². The average Bonchev–Trinajstić information content (AvgIpc) is 2.12. The Kier molecular flexibility index (Phi) is 29.4. The number of phosphoric acid groups is 1. The van der Waals surface area contributed by atoms with Crippen LogP contribution >= 0.6 is 7.82 Å². The van der Waals surface area contributed by atoms with E-state index >= 15 is 0 Å². The van der Waals surface area contributed by atoms with Crippen molar-refractivity contribution in [2.45, 2.75) is 9.79 Å². The Labute approximate surface area is 227 Å². The molecule has 0 spiro atoms. The van der Waals surface area contributed by atoms with Crippen LogP contribution in [-0.2, 0) is 24.8 Å². The van der Waals surface area contributed by atoms with Gasteiger partial charge in [-0.1, -0.05) is 6.07 Å². The summed E-state index contributed by atoms with van der Waals surface area (Å²) < 4.78 is 68.4. The van der Waals surface area contributed by atoms with E-state index in [0.29, 0.717) is 6.07 Å². The molecule has 0 unspecified atom stereocenters. The fourth-order valence-corrected chi connectivity index (χ4v) is 1.92. The van der Waals surface area contributed by atoms with Gasteiger partial charge in [-0.3, -0.25) is 9.11 Å². The molecule has 0 saturated carbocycles. The third-order valence-corrected chi connectivity index (χ3v) is 3.10. The first-order chi connectivity index (χ1) is 8.21. The molecule has 0 fully saturated rings. The first-order valence-corrected chi connectivity index (χ1v) is 8.49. The van der Waals surface area contributed by atoms with E-state index in [0.717, 1.165) is 18.2 Å². The van der Waals surface area contributed by atoms with Gasteiger partial charge in [0.05, 0.1) is 9.79 Å².